The molecule has 0 aliphatic rings. The number of hydrogen-bond donors (Lipinski definition) is 1. The van der Waals surface area contributed by atoms with Gasteiger partial charge in [-0.25, -0.2) is 0 Å². The van der Waals surface area contributed by atoms with Crippen molar-refractivity contribution in [3.05, 3.63) is 60.1 Å². The van der Waals surface area contributed by atoms with E-state index in [1.165, 1.54) is 5.56 Å². The van der Waals surface area contributed by atoms with Crippen molar-refractivity contribution in [1.29, 1.82) is 0 Å². The van der Waals surface area contributed by atoms with Crippen LogP contribution in [0.2, 0.25) is 0 Å². The van der Waals surface area contributed by atoms with Crippen LogP contribution in [-0.2, 0) is 0 Å². The van der Waals surface area contributed by atoms with Gasteiger partial charge >= 0.3 is 0 Å². The average molecular weight is 285 g/mol. The van der Waals surface area contributed by atoms with Gasteiger partial charge in [-0.15, -0.1) is 0 Å². The Balaban J connectivity index is 2.14. The Bertz CT molecular complexity index is 494. The first-order chi connectivity index (χ1) is 10.1. The monoisotopic (exact) mass is 285 g/mol. The first-order valence-corrected chi connectivity index (χ1v) is 7.91. The predicted molar refractivity (Wildman–Crippen MR) is 88.2 cm³/mol. The first kappa shape index (κ1) is 15.8. The molecule has 1 aromatic heterocycles. The Morgan fingerprint density at radius 1 is 0.905 bits per heavy atom. The van der Waals surface area contributed by atoms with Gasteiger partial charge in [0.15, 0.2) is 0 Å². The van der Waals surface area contributed by atoms with Crippen LogP contribution < -0.4 is 5.32 Å². The molecule has 2 aromatic rings. The van der Waals surface area contributed by atoms with Crippen LogP contribution in [0.5, 0.6) is 0 Å². The summed E-state index contributed by atoms with van der Waals surface area (Å²) in [5.41, 5.74) is 1.25. The van der Waals surface area contributed by atoms with E-state index < -0.39 is 0 Å². The van der Waals surface area contributed by atoms with Gasteiger partial charge in [0.25, 0.3) is 0 Å². The van der Waals surface area contributed by atoms with Gasteiger partial charge in [-0.3, -0.25) is 0 Å². The third-order valence-corrected chi connectivity index (χ3v) is 4.23. The van der Waals surface area contributed by atoms with Crippen molar-refractivity contribution in [2.24, 2.45) is 17.8 Å². The lowest BCUT2D eigenvalue weighted by atomic mass is 9.85. The lowest BCUT2D eigenvalue weighted by Crippen LogP contribution is -2.32. The molecule has 21 heavy (non-hydrogen) atoms. The van der Waals surface area contributed by atoms with E-state index in [-0.39, 0.29) is 6.04 Å². The Morgan fingerprint density at radius 3 is 2.10 bits per heavy atom. The van der Waals surface area contributed by atoms with Crippen molar-refractivity contribution in [1.82, 2.24) is 5.32 Å². The summed E-state index contributed by atoms with van der Waals surface area (Å²) in [5.74, 6) is 2.98. The number of nitrogens with one attached hydrogen (secondary N) is 1. The molecular formula is C19H27NO. The molecule has 1 aromatic carbocycles. The fourth-order valence-corrected chi connectivity index (χ4v) is 2.98. The third-order valence-electron chi connectivity index (χ3n) is 4.23. The van der Waals surface area contributed by atoms with E-state index in [4.69, 9.17) is 4.42 Å². The fourth-order valence-electron chi connectivity index (χ4n) is 2.98. The van der Waals surface area contributed by atoms with E-state index in [0.29, 0.717) is 17.8 Å². The highest BCUT2D eigenvalue weighted by molar-refractivity contribution is 5.26. The lowest BCUT2D eigenvalue weighted by Gasteiger charge is -2.27. The summed E-state index contributed by atoms with van der Waals surface area (Å²) in [6, 6.07) is 14.6. The van der Waals surface area contributed by atoms with E-state index >= 15 is 0 Å². The van der Waals surface area contributed by atoms with Crippen LogP contribution in [0.4, 0.5) is 0 Å². The second-order valence-electron chi connectivity index (χ2n) is 6.42. The van der Waals surface area contributed by atoms with E-state index in [1.54, 1.807) is 6.26 Å². The first-order valence-electron chi connectivity index (χ1n) is 7.91. The molecule has 0 aliphatic heterocycles. The molecule has 2 heteroatoms. The van der Waals surface area contributed by atoms with Crippen LogP contribution in [0.1, 0.15) is 45.1 Å². The molecule has 0 aliphatic carbocycles. The molecule has 1 N–H and O–H groups in total. The molecular weight excluding hydrogens is 258 g/mol. The number of rotatable bonds is 7. The molecule has 0 spiro atoms. The Labute approximate surface area is 128 Å². The van der Waals surface area contributed by atoms with Crippen LogP contribution in [0, 0.1) is 17.8 Å². The quantitative estimate of drug-likeness (QED) is 0.783. The summed E-state index contributed by atoms with van der Waals surface area (Å²) in [5, 5.41) is 3.71. The van der Waals surface area contributed by atoms with Gasteiger partial charge < -0.3 is 9.73 Å². The van der Waals surface area contributed by atoms with E-state index in [9.17, 15) is 0 Å². The van der Waals surface area contributed by atoms with Gasteiger partial charge in [0.1, 0.15) is 5.76 Å². The fraction of sp³-hybridized carbons (Fsp3) is 0.474. The second-order valence-corrected chi connectivity index (χ2v) is 6.42. The molecule has 114 valence electrons. The topological polar surface area (TPSA) is 25.2 Å². The van der Waals surface area contributed by atoms with Crippen LogP contribution in [0.15, 0.2) is 53.1 Å². The summed E-state index contributed by atoms with van der Waals surface area (Å²) >= 11 is 0. The van der Waals surface area contributed by atoms with Crippen molar-refractivity contribution in [3.8, 4) is 0 Å². The molecule has 0 saturated carbocycles. The van der Waals surface area contributed by atoms with Gasteiger partial charge in [0.2, 0.25) is 0 Å². The second kappa shape index (κ2) is 7.46. The number of benzene rings is 1. The molecule has 1 heterocycles. The maximum Gasteiger partial charge on any atom is 0.125 e. The van der Waals surface area contributed by atoms with Crippen molar-refractivity contribution >= 4 is 0 Å². The summed E-state index contributed by atoms with van der Waals surface area (Å²) in [7, 11) is 0. The Morgan fingerprint density at radius 2 is 1.57 bits per heavy atom. The van der Waals surface area contributed by atoms with Gasteiger partial charge in [0.05, 0.1) is 12.3 Å². The molecule has 1 unspecified atom stereocenters. The third kappa shape index (κ3) is 4.21. The zero-order valence-electron chi connectivity index (χ0n) is 13.5. The SMILES string of the molecule is CC(C)C(CNC(c1ccccc1)c1ccco1)C(C)C. The predicted octanol–water partition coefficient (Wildman–Crippen LogP) is 4.89. The zero-order chi connectivity index (χ0) is 15.2. The molecule has 0 fully saturated rings. The molecule has 2 rings (SSSR count). The largest absolute Gasteiger partial charge is 0.467 e. The van der Waals surface area contributed by atoms with Gasteiger partial charge in [-0.05, 0) is 42.0 Å². The van der Waals surface area contributed by atoms with Crippen molar-refractivity contribution in [2.45, 2.75) is 33.7 Å². The normalized spacial score (nSPS) is 13.3. The number of hydrogen-bond acceptors (Lipinski definition) is 2. The molecule has 0 amide bonds. The van der Waals surface area contributed by atoms with Crippen LogP contribution in [-0.4, -0.2) is 6.54 Å². The molecule has 1 atom stereocenters. The minimum absolute atomic E-state index is 0.126. The Hall–Kier alpha value is -1.54. The smallest absolute Gasteiger partial charge is 0.125 e. The molecule has 0 saturated heterocycles. The standard InChI is InChI=1S/C19H27NO/c1-14(2)17(15(3)4)13-20-19(18-11-8-12-21-18)16-9-6-5-7-10-16/h5-12,14-15,17,19-20H,13H2,1-4H3. The van der Waals surface area contributed by atoms with Crippen LogP contribution >= 0.6 is 0 Å². The molecule has 2 nitrogen and oxygen atoms in total. The summed E-state index contributed by atoms with van der Waals surface area (Å²) in [4.78, 5) is 0. The summed E-state index contributed by atoms with van der Waals surface area (Å²) in [6.07, 6.45) is 1.75. The zero-order valence-corrected chi connectivity index (χ0v) is 13.5. The maximum atomic E-state index is 5.64. The van der Waals surface area contributed by atoms with Gasteiger partial charge in [-0.1, -0.05) is 58.0 Å². The minimum atomic E-state index is 0.126. The van der Waals surface area contributed by atoms with Crippen LogP contribution in [0.3, 0.4) is 0 Å². The van der Waals surface area contributed by atoms with E-state index in [0.717, 1.165) is 12.3 Å². The lowest BCUT2D eigenvalue weighted by molar-refractivity contribution is 0.265. The minimum Gasteiger partial charge on any atom is -0.467 e. The highest BCUT2D eigenvalue weighted by Crippen LogP contribution is 2.25. The van der Waals surface area contributed by atoms with E-state index in [1.807, 2.05) is 18.2 Å². The van der Waals surface area contributed by atoms with Crippen molar-refractivity contribution in [2.75, 3.05) is 6.54 Å². The average Bonchev–Trinajstić information content (AvgIpc) is 2.97. The van der Waals surface area contributed by atoms with Crippen molar-refractivity contribution < 1.29 is 4.42 Å². The summed E-state index contributed by atoms with van der Waals surface area (Å²) < 4.78 is 5.64. The maximum absolute atomic E-state index is 5.64. The van der Waals surface area contributed by atoms with Crippen molar-refractivity contribution in [3.63, 3.8) is 0 Å². The molecule has 0 bridgehead atoms. The van der Waals surface area contributed by atoms with Gasteiger partial charge in [0, 0.05) is 0 Å². The van der Waals surface area contributed by atoms with Gasteiger partial charge in [-0.2, -0.15) is 0 Å². The van der Waals surface area contributed by atoms with E-state index in [2.05, 4.69) is 57.3 Å². The highest BCUT2D eigenvalue weighted by atomic mass is 16.3. The summed E-state index contributed by atoms with van der Waals surface area (Å²) in [6.45, 7) is 10.2. The highest BCUT2D eigenvalue weighted by Gasteiger charge is 2.21. The number of furan rings is 1. The van der Waals surface area contributed by atoms with Crippen LogP contribution in [0.25, 0.3) is 0 Å². The Kier molecular flexibility index (Phi) is 5.63. The molecule has 0 radical (unpaired) electrons.